The molecule has 0 spiro atoms. The molecule has 0 unspecified atom stereocenters. The van der Waals surface area contributed by atoms with Crippen LogP contribution in [0.5, 0.6) is 0 Å². The van der Waals surface area contributed by atoms with Gasteiger partial charge in [-0.1, -0.05) is 13.8 Å². The number of hydrogen-bond donors (Lipinski definition) is 1. The van der Waals surface area contributed by atoms with Crippen LogP contribution in [0.1, 0.15) is 33.1 Å². The van der Waals surface area contributed by atoms with E-state index < -0.39 is 38.8 Å². The zero-order valence-corrected chi connectivity index (χ0v) is 23.9. The lowest BCUT2D eigenvalue weighted by Crippen LogP contribution is -2.43. The Morgan fingerprint density at radius 1 is 1.07 bits per heavy atom. The number of benzene rings is 1. The third kappa shape index (κ3) is 5.73. The lowest BCUT2D eigenvalue weighted by molar-refractivity contribution is 0.220. The van der Waals surface area contributed by atoms with Crippen molar-refractivity contribution in [3.05, 3.63) is 60.6 Å². The van der Waals surface area contributed by atoms with Crippen LogP contribution in [0.4, 0.5) is 24.7 Å². The minimum Gasteiger partial charge on any atom is -0.354 e. The number of nitrogens with zero attached hydrogens (tertiary/aromatic N) is 6. The van der Waals surface area contributed by atoms with Gasteiger partial charge in [0.1, 0.15) is 17.8 Å². The molecule has 218 valence electrons. The Kier molecular flexibility index (Phi) is 8.18. The summed E-state index contributed by atoms with van der Waals surface area (Å²) in [6, 6.07) is 3.27. The van der Waals surface area contributed by atoms with E-state index in [1.54, 1.807) is 14.0 Å². The molecule has 1 fully saturated rings. The van der Waals surface area contributed by atoms with Gasteiger partial charge in [0, 0.05) is 62.0 Å². The van der Waals surface area contributed by atoms with Gasteiger partial charge in [-0.3, -0.25) is 4.72 Å². The van der Waals surface area contributed by atoms with Crippen molar-refractivity contribution in [1.29, 1.82) is 0 Å². The van der Waals surface area contributed by atoms with Crippen molar-refractivity contribution in [2.24, 2.45) is 0 Å². The van der Waals surface area contributed by atoms with Gasteiger partial charge in [0.05, 0.1) is 22.5 Å². The van der Waals surface area contributed by atoms with Crippen LogP contribution >= 0.6 is 0 Å². The molecule has 1 saturated heterocycles. The van der Waals surface area contributed by atoms with E-state index in [2.05, 4.69) is 31.5 Å². The maximum absolute atomic E-state index is 15.8. The molecule has 5 rings (SSSR count). The van der Waals surface area contributed by atoms with Crippen molar-refractivity contribution in [1.82, 2.24) is 24.4 Å². The fourth-order valence-electron chi connectivity index (χ4n) is 5.32. The van der Waals surface area contributed by atoms with Crippen LogP contribution < -0.4 is 9.62 Å². The van der Waals surface area contributed by atoms with E-state index in [4.69, 9.17) is 0 Å². The Morgan fingerprint density at radius 3 is 2.44 bits per heavy atom. The molecule has 4 aromatic rings. The van der Waals surface area contributed by atoms with Crippen LogP contribution in [-0.4, -0.2) is 71.3 Å². The van der Waals surface area contributed by atoms with E-state index in [1.807, 2.05) is 4.90 Å². The van der Waals surface area contributed by atoms with Gasteiger partial charge in [0.2, 0.25) is 10.0 Å². The van der Waals surface area contributed by atoms with Gasteiger partial charge in [-0.05, 0) is 37.9 Å². The van der Waals surface area contributed by atoms with Gasteiger partial charge < -0.3 is 14.4 Å². The highest BCUT2D eigenvalue weighted by Crippen LogP contribution is 2.37. The second-order valence-corrected chi connectivity index (χ2v) is 12.0. The van der Waals surface area contributed by atoms with Crippen LogP contribution in [0.2, 0.25) is 0 Å². The quantitative estimate of drug-likeness (QED) is 0.295. The van der Waals surface area contributed by atoms with E-state index in [-0.39, 0.29) is 23.1 Å². The number of piperidine rings is 1. The summed E-state index contributed by atoms with van der Waals surface area (Å²) in [4.78, 5) is 17.0. The summed E-state index contributed by atoms with van der Waals surface area (Å²) in [5.41, 5.74) is 0.372. The molecule has 1 aromatic carbocycles. The first-order valence-electron chi connectivity index (χ1n) is 13.5. The Balaban J connectivity index is 1.66. The van der Waals surface area contributed by atoms with E-state index in [9.17, 15) is 8.42 Å². The number of nitrogens with one attached hydrogen (secondary N) is 1. The largest absolute Gasteiger partial charge is 0.354 e. The first kappa shape index (κ1) is 28.8. The molecule has 0 amide bonds. The van der Waals surface area contributed by atoms with Crippen molar-refractivity contribution < 1.29 is 21.6 Å². The van der Waals surface area contributed by atoms with E-state index in [0.717, 1.165) is 49.2 Å². The molecule has 0 radical (unpaired) electrons. The van der Waals surface area contributed by atoms with Crippen molar-refractivity contribution in [3.63, 3.8) is 0 Å². The summed E-state index contributed by atoms with van der Waals surface area (Å²) < 4.78 is 74.8. The zero-order valence-electron chi connectivity index (χ0n) is 23.1. The number of pyridine rings is 1. The third-order valence-electron chi connectivity index (χ3n) is 7.51. The van der Waals surface area contributed by atoms with E-state index >= 15 is 13.2 Å². The normalized spacial score (nSPS) is 15.0. The molecule has 13 heteroatoms. The van der Waals surface area contributed by atoms with Crippen LogP contribution in [0, 0.1) is 17.5 Å². The highest BCUT2D eigenvalue weighted by Gasteiger charge is 2.28. The number of likely N-dealkylation sites (tertiary alicyclic amines) is 1. The average molecular weight is 588 g/mol. The Labute approximate surface area is 237 Å². The molecule has 9 nitrogen and oxygen atoms in total. The fourth-order valence-corrected chi connectivity index (χ4v) is 6.45. The van der Waals surface area contributed by atoms with Gasteiger partial charge in [0.15, 0.2) is 17.5 Å². The van der Waals surface area contributed by atoms with Gasteiger partial charge in [-0.15, -0.1) is 0 Å². The van der Waals surface area contributed by atoms with Crippen LogP contribution in [0.25, 0.3) is 27.8 Å². The molecule has 0 atom stereocenters. The third-order valence-corrected chi connectivity index (χ3v) is 8.99. The predicted molar refractivity (Wildman–Crippen MR) is 153 cm³/mol. The molecule has 0 aliphatic carbocycles. The maximum atomic E-state index is 15.8. The van der Waals surface area contributed by atoms with Gasteiger partial charge in [-0.2, -0.15) is 0 Å². The van der Waals surface area contributed by atoms with Crippen molar-refractivity contribution in [3.8, 4) is 16.8 Å². The molecular formula is C28H32F3N7O2S. The van der Waals surface area contributed by atoms with Crippen LogP contribution in [-0.2, 0) is 10.0 Å². The van der Waals surface area contributed by atoms with Crippen molar-refractivity contribution >= 4 is 32.6 Å². The molecule has 41 heavy (non-hydrogen) atoms. The molecule has 3 aromatic heterocycles. The summed E-state index contributed by atoms with van der Waals surface area (Å²) in [5, 5.41) is 0. The second kappa shape index (κ2) is 11.6. The summed E-state index contributed by atoms with van der Waals surface area (Å²) in [5.74, 6) is -2.84. The number of rotatable bonds is 9. The van der Waals surface area contributed by atoms with Crippen LogP contribution in [0.15, 0.2) is 43.1 Å². The minimum absolute atomic E-state index is 0.0746. The smallest absolute Gasteiger partial charge is 0.232 e. The predicted octanol–water partition coefficient (Wildman–Crippen LogP) is 4.97. The number of hydrogen-bond acceptors (Lipinski definition) is 7. The lowest BCUT2D eigenvalue weighted by Gasteiger charge is -2.37. The summed E-state index contributed by atoms with van der Waals surface area (Å²) in [7, 11) is -2.05. The zero-order chi connectivity index (χ0) is 29.3. The van der Waals surface area contributed by atoms with Gasteiger partial charge in [-0.25, -0.2) is 36.5 Å². The highest BCUT2D eigenvalue weighted by atomic mass is 32.2. The average Bonchev–Trinajstić information content (AvgIpc) is 3.32. The lowest BCUT2D eigenvalue weighted by atomic mass is 10.0. The molecular weight excluding hydrogens is 555 g/mol. The number of sulfonamides is 1. The second-order valence-electron chi connectivity index (χ2n) is 10.2. The van der Waals surface area contributed by atoms with Gasteiger partial charge >= 0.3 is 0 Å². The van der Waals surface area contributed by atoms with Crippen molar-refractivity contribution in [2.75, 3.05) is 42.1 Å². The van der Waals surface area contributed by atoms with Crippen molar-refractivity contribution in [2.45, 2.75) is 39.2 Å². The van der Waals surface area contributed by atoms with Gasteiger partial charge in [0.25, 0.3) is 0 Å². The molecule has 1 N–H and O–H groups in total. The number of anilines is 2. The minimum atomic E-state index is -3.86. The Hall–Kier alpha value is -3.71. The topological polar surface area (TPSA) is 96.2 Å². The SMILES string of the molecule is CCCS(=O)(=O)Nc1ccc(F)c(-n2cc(-c3cncnc3)c3nc(N(C)C4CCN(CC)CC4)c(F)cc32)c1F. The fraction of sp³-hybridized carbons (Fsp3) is 0.393. The molecule has 1 aliphatic heterocycles. The standard InChI is InChI=1S/C28H32F3N7O2S/c1-4-12-41(39,40)35-23-7-6-21(29)27(25(23)31)38-16-20(18-14-32-17-33-15-18)26-24(38)13-22(30)28(34-26)36(3)19-8-10-37(5-2)11-9-19/h6-7,13-17,19,35H,4-5,8-12H2,1-3H3. The number of fused-ring (bicyclic) bond motifs is 1. The Bertz CT molecular complexity index is 1660. The molecule has 4 heterocycles. The van der Waals surface area contributed by atoms with E-state index in [0.29, 0.717) is 23.1 Å². The first-order chi connectivity index (χ1) is 19.6. The summed E-state index contributed by atoms with van der Waals surface area (Å²) in [6.07, 6.45) is 7.86. The number of halogens is 3. The maximum Gasteiger partial charge on any atom is 0.232 e. The first-order valence-corrected chi connectivity index (χ1v) is 15.2. The monoisotopic (exact) mass is 587 g/mol. The molecule has 0 saturated carbocycles. The van der Waals surface area contributed by atoms with E-state index in [1.165, 1.54) is 31.0 Å². The highest BCUT2D eigenvalue weighted by molar-refractivity contribution is 7.92. The summed E-state index contributed by atoms with van der Waals surface area (Å²) >= 11 is 0. The molecule has 0 bridgehead atoms. The van der Waals surface area contributed by atoms with Crippen LogP contribution in [0.3, 0.4) is 0 Å². The summed E-state index contributed by atoms with van der Waals surface area (Å²) in [6.45, 7) is 6.54. The number of aromatic nitrogens is 4. The molecule has 1 aliphatic rings. The Morgan fingerprint density at radius 2 is 1.78 bits per heavy atom.